The van der Waals surface area contributed by atoms with Crippen molar-refractivity contribution >= 4 is 11.9 Å². The second-order valence-corrected chi connectivity index (χ2v) is 4.57. The summed E-state index contributed by atoms with van der Waals surface area (Å²) < 4.78 is 0. The van der Waals surface area contributed by atoms with Crippen LogP contribution in [0.25, 0.3) is 0 Å². The average Bonchev–Trinajstić information content (AvgIpc) is 2.64. The van der Waals surface area contributed by atoms with Crippen LogP contribution in [-0.4, -0.2) is 22.2 Å². The molecule has 0 spiro atoms. The first-order valence-corrected chi connectivity index (χ1v) is 5.65. The fourth-order valence-corrected chi connectivity index (χ4v) is 2.40. The van der Waals surface area contributed by atoms with Crippen molar-refractivity contribution in [2.75, 3.05) is 0 Å². The minimum absolute atomic E-state index is 0.0689. The van der Waals surface area contributed by atoms with E-state index in [9.17, 15) is 14.7 Å². The van der Waals surface area contributed by atoms with E-state index in [2.05, 4.69) is 0 Å². The van der Waals surface area contributed by atoms with Gasteiger partial charge in [0.25, 0.3) is 0 Å². The lowest BCUT2D eigenvalue weighted by Crippen LogP contribution is -2.20. The van der Waals surface area contributed by atoms with Crippen molar-refractivity contribution in [1.82, 2.24) is 0 Å². The minimum Gasteiger partial charge on any atom is -0.478 e. The molecule has 2 N–H and O–H groups in total. The number of carbonyl (C=O) groups is 2. The molecule has 0 aromatic heterocycles. The summed E-state index contributed by atoms with van der Waals surface area (Å²) in [6.45, 7) is 3.45. The van der Waals surface area contributed by atoms with Crippen LogP contribution in [0.4, 0.5) is 0 Å². The van der Waals surface area contributed by atoms with E-state index in [1.165, 1.54) is 0 Å². The summed E-state index contributed by atoms with van der Waals surface area (Å²) in [4.78, 5) is 22.3. The Balaban J connectivity index is 3.18. The van der Waals surface area contributed by atoms with Gasteiger partial charge in [-0.3, -0.25) is 0 Å². The van der Waals surface area contributed by atoms with Crippen molar-refractivity contribution < 1.29 is 19.8 Å². The number of carboxylic acid groups (broad SMARTS) is 2. The lowest BCUT2D eigenvalue weighted by Gasteiger charge is -2.16. The average molecular weight is 226 g/mol. The molecule has 0 saturated heterocycles. The third kappa shape index (κ3) is 2.62. The van der Waals surface area contributed by atoms with Gasteiger partial charge in [0.05, 0.1) is 11.1 Å². The first kappa shape index (κ1) is 12.7. The van der Waals surface area contributed by atoms with Crippen molar-refractivity contribution in [3.05, 3.63) is 11.1 Å². The molecular weight excluding hydrogens is 208 g/mol. The Morgan fingerprint density at radius 1 is 1.06 bits per heavy atom. The Bertz CT molecular complexity index is 322. The van der Waals surface area contributed by atoms with E-state index in [1.54, 1.807) is 13.8 Å². The number of hydrogen-bond acceptors (Lipinski definition) is 2. The number of carboxylic acids is 2. The van der Waals surface area contributed by atoms with Gasteiger partial charge in [-0.1, -0.05) is 26.7 Å². The van der Waals surface area contributed by atoms with Crippen molar-refractivity contribution in [3.63, 3.8) is 0 Å². The molecule has 1 aliphatic carbocycles. The molecule has 0 atom stereocenters. The zero-order chi connectivity index (χ0) is 12.3. The van der Waals surface area contributed by atoms with Crippen LogP contribution in [0.3, 0.4) is 0 Å². The summed E-state index contributed by atoms with van der Waals surface area (Å²) in [6.07, 6.45) is 3.58. The molecule has 1 fully saturated rings. The van der Waals surface area contributed by atoms with Gasteiger partial charge in [-0.2, -0.15) is 0 Å². The highest BCUT2D eigenvalue weighted by atomic mass is 16.4. The third-order valence-electron chi connectivity index (χ3n) is 3.09. The molecule has 0 bridgehead atoms. The first-order valence-electron chi connectivity index (χ1n) is 5.65. The summed E-state index contributed by atoms with van der Waals surface area (Å²) in [5.41, 5.74) is 0.194. The van der Waals surface area contributed by atoms with Crippen LogP contribution in [0.5, 0.6) is 0 Å². The third-order valence-corrected chi connectivity index (χ3v) is 3.09. The molecule has 4 nitrogen and oxygen atoms in total. The normalized spacial score (nSPS) is 18.7. The van der Waals surface area contributed by atoms with Gasteiger partial charge in [-0.25, -0.2) is 9.59 Å². The highest BCUT2D eigenvalue weighted by molar-refractivity contribution is 5.99. The van der Waals surface area contributed by atoms with Crippen LogP contribution >= 0.6 is 0 Å². The molecule has 0 radical (unpaired) electrons. The van der Waals surface area contributed by atoms with Crippen LogP contribution in [-0.2, 0) is 9.59 Å². The standard InChI is InChI=1S/C12H18O4/c1-7(2)9(11(13)14)10(12(15)16)8-5-3-4-6-8/h7-8H,3-6H2,1-2H3,(H,13,14)(H,15,16). The van der Waals surface area contributed by atoms with Gasteiger partial charge in [0.1, 0.15) is 0 Å². The molecule has 1 saturated carbocycles. The van der Waals surface area contributed by atoms with Crippen LogP contribution in [0.15, 0.2) is 11.1 Å². The van der Waals surface area contributed by atoms with Gasteiger partial charge in [0, 0.05) is 0 Å². The van der Waals surface area contributed by atoms with Gasteiger partial charge in [0.2, 0.25) is 0 Å². The maximum absolute atomic E-state index is 11.2. The van der Waals surface area contributed by atoms with Crippen molar-refractivity contribution in [1.29, 1.82) is 0 Å². The lowest BCUT2D eigenvalue weighted by atomic mass is 9.88. The Hall–Kier alpha value is -1.32. The summed E-state index contributed by atoms with van der Waals surface area (Å²) >= 11 is 0. The zero-order valence-electron chi connectivity index (χ0n) is 9.69. The molecule has 0 aromatic carbocycles. The van der Waals surface area contributed by atoms with Crippen LogP contribution in [0, 0.1) is 11.8 Å². The largest absolute Gasteiger partial charge is 0.478 e. The van der Waals surface area contributed by atoms with E-state index in [-0.39, 0.29) is 23.0 Å². The van der Waals surface area contributed by atoms with Gasteiger partial charge in [0.15, 0.2) is 0 Å². The molecule has 16 heavy (non-hydrogen) atoms. The lowest BCUT2D eigenvalue weighted by molar-refractivity contribution is -0.136. The summed E-state index contributed by atoms with van der Waals surface area (Å²) in [5.74, 6) is -2.51. The van der Waals surface area contributed by atoms with E-state index >= 15 is 0 Å². The number of rotatable bonds is 4. The molecule has 0 heterocycles. The SMILES string of the molecule is CC(C)C(C(=O)O)=C(C(=O)O)C1CCCC1. The van der Waals surface area contributed by atoms with Gasteiger partial charge < -0.3 is 10.2 Å². The van der Waals surface area contributed by atoms with Gasteiger partial charge in [-0.15, -0.1) is 0 Å². The summed E-state index contributed by atoms with van der Waals surface area (Å²) in [6, 6.07) is 0. The van der Waals surface area contributed by atoms with E-state index in [0.29, 0.717) is 0 Å². The number of aliphatic carboxylic acids is 2. The minimum atomic E-state index is -1.10. The molecule has 90 valence electrons. The van der Waals surface area contributed by atoms with Crippen LogP contribution < -0.4 is 0 Å². The fourth-order valence-electron chi connectivity index (χ4n) is 2.40. The second-order valence-electron chi connectivity index (χ2n) is 4.57. The van der Waals surface area contributed by atoms with E-state index < -0.39 is 11.9 Å². The topological polar surface area (TPSA) is 74.6 Å². The molecule has 0 unspecified atom stereocenters. The van der Waals surface area contributed by atoms with Crippen LogP contribution in [0.2, 0.25) is 0 Å². The predicted molar refractivity (Wildman–Crippen MR) is 59.1 cm³/mol. The first-order chi connectivity index (χ1) is 7.45. The highest BCUT2D eigenvalue weighted by Gasteiger charge is 2.31. The smallest absolute Gasteiger partial charge is 0.332 e. The molecule has 1 rings (SSSR count). The zero-order valence-corrected chi connectivity index (χ0v) is 9.69. The van der Waals surface area contributed by atoms with Gasteiger partial charge >= 0.3 is 11.9 Å². The summed E-state index contributed by atoms with van der Waals surface area (Å²) in [7, 11) is 0. The molecular formula is C12H18O4. The van der Waals surface area contributed by atoms with Crippen molar-refractivity contribution in [2.24, 2.45) is 11.8 Å². The Kier molecular flexibility index (Phi) is 4.10. The second kappa shape index (κ2) is 5.14. The Labute approximate surface area is 95.0 Å². The molecule has 0 amide bonds. The number of hydrogen-bond donors (Lipinski definition) is 2. The molecule has 4 heteroatoms. The fraction of sp³-hybridized carbons (Fsp3) is 0.667. The molecule has 0 aliphatic heterocycles. The Morgan fingerprint density at radius 2 is 1.56 bits per heavy atom. The predicted octanol–water partition coefficient (Wildman–Crippen LogP) is 2.30. The monoisotopic (exact) mass is 226 g/mol. The maximum Gasteiger partial charge on any atom is 0.332 e. The highest BCUT2D eigenvalue weighted by Crippen LogP contribution is 2.34. The Morgan fingerprint density at radius 3 is 1.88 bits per heavy atom. The van der Waals surface area contributed by atoms with E-state index in [0.717, 1.165) is 25.7 Å². The van der Waals surface area contributed by atoms with Gasteiger partial charge in [-0.05, 0) is 24.7 Å². The molecule has 1 aliphatic rings. The van der Waals surface area contributed by atoms with Crippen molar-refractivity contribution in [2.45, 2.75) is 39.5 Å². The van der Waals surface area contributed by atoms with E-state index in [4.69, 9.17) is 5.11 Å². The van der Waals surface area contributed by atoms with Crippen LogP contribution in [0.1, 0.15) is 39.5 Å². The van der Waals surface area contributed by atoms with E-state index in [1.807, 2.05) is 0 Å². The maximum atomic E-state index is 11.2. The summed E-state index contributed by atoms with van der Waals surface area (Å²) in [5, 5.41) is 18.3. The van der Waals surface area contributed by atoms with Crippen molar-refractivity contribution in [3.8, 4) is 0 Å². The molecule has 0 aromatic rings. The quantitative estimate of drug-likeness (QED) is 0.721.